The first-order chi connectivity index (χ1) is 14.5. The number of halogens is 1. The largest absolute Gasteiger partial charge is 0.367 e. The van der Waals surface area contributed by atoms with Crippen molar-refractivity contribution in [1.82, 2.24) is 14.3 Å². The van der Waals surface area contributed by atoms with Crippen molar-refractivity contribution >= 4 is 46.3 Å². The molecule has 1 aliphatic rings. The van der Waals surface area contributed by atoms with Gasteiger partial charge in [-0.15, -0.1) is 0 Å². The molecule has 154 valence electrons. The van der Waals surface area contributed by atoms with E-state index in [9.17, 15) is 9.59 Å². The second-order valence-corrected chi connectivity index (χ2v) is 8.04. The van der Waals surface area contributed by atoms with Crippen LogP contribution in [0.3, 0.4) is 0 Å². The van der Waals surface area contributed by atoms with E-state index >= 15 is 0 Å². The van der Waals surface area contributed by atoms with Crippen LogP contribution in [0.15, 0.2) is 48.7 Å². The third-order valence-corrected chi connectivity index (χ3v) is 6.01. The molecule has 0 saturated carbocycles. The average molecular weight is 442 g/mol. The number of hydrogen-bond donors (Lipinski definition) is 1. The fraction of sp³-hybridized carbons (Fsp3) is 0.238. The minimum absolute atomic E-state index is 0.141. The fourth-order valence-corrected chi connectivity index (χ4v) is 4.48. The fourth-order valence-electron chi connectivity index (χ4n) is 3.41. The molecule has 3 heterocycles. The van der Waals surface area contributed by atoms with E-state index in [0.717, 1.165) is 17.2 Å². The Morgan fingerprint density at radius 3 is 2.47 bits per heavy atom. The summed E-state index contributed by atoms with van der Waals surface area (Å²) in [6.45, 7) is 3.88. The molecular formula is C21H20ClN5O2S. The van der Waals surface area contributed by atoms with Crippen LogP contribution in [0.4, 0.5) is 11.4 Å². The summed E-state index contributed by atoms with van der Waals surface area (Å²) < 4.78 is 4.42. The molecule has 9 heteroatoms. The number of rotatable bonds is 4. The molecule has 1 saturated heterocycles. The van der Waals surface area contributed by atoms with E-state index in [1.54, 1.807) is 23.2 Å². The first kappa shape index (κ1) is 20.3. The Balaban J connectivity index is 1.55. The number of nitrogens with zero attached hydrogens (tertiary/aromatic N) is 4. The lowest BCUT2D eigenvalue weighted by Gasteiger charge is -2.36. The number of para-hydroxylation sites is 1. The van der Waals surface area contributed by atoms with Gasteiger partial charge >= 0.3 is 0 Å². The Labute approximate surface area is 183 Å². The van der Waals surface area contributed by atoms with Crippen LogP contribution >= 0.6 is 23.1 Å². The van der Waals surface area contributed by atoms with E-state index in [4.69, 9.17) is 11.6 Å². The van der Waals surface area contributed by atoms with Gasteiger partial charge in [0.15, 0.2) is 0 Å². The van der Waals surface area contributed by atoms with E-state index in [1.165, 1.54) is 6.92 Å². The Kier molecular flexibility index (Phi) is 5.96. The molecule has 2 amide bonds. The van der Waals surface area contributed by atoms with Crippen LogP contribution < -0.4 is 10.2 Å². The Bertz CT molecular complexity index is 1060. The van der Waals surface area contributed by atoms with Crippen molar-refractivity contribution in [3.63, 3.8) is 0 Å². The molecule has 1 fully saturated rings. The molecule has 0 spiro atoms. The summed E-state index contributed by atoms with van der Waals surface area (Å²) in [5, 5.41) is 3.48. The van der Waals surface area contributed by atoms with Gasteiger partial charge in [-0.3, -0.25) is 14.6 Å². The Morgan fingerprint density at radius 2 is 1.80 bits per heavy atom. The molecule has 0 aliphatic carbocycles. The van der Waals surface area contributed by atoms with Gasteiger partial charge in [0.05, 0.1) is 22.1 Å². The number of pyridine rings is 1. The number of carbonyl (C=O) groups is 2. The molecule has 0 unspecified atom stereocenters. The Morgan fingerprint density at radius 1 is 1.07 bits per heavy atom. The lowest BCUT2D eigenvalue weighted by atomic mass is 10.2. The van der Waals surface area contributed by atoms with Crippen LogP contribution in [-0.2, 0) is 4.79 Å². The van der Waals surface area contributed by atoms with Crippen LogP contribution in [0.1, 0.15) is 16.6 Å². The maximum absolute atomic E-state index is 13.2. The minimum atomic E-state index is -0.259. The van der Waals surface area contributed by atoms with Crippen LogP contribution in [0, 0.1) is 0 Å². The van der Waals surface area contributed by atoms with Crippen molar-refractivity contribution in [2.75, 3.05) is 36.4 Å². The van der Waals surface area contributed by atoms with E-state index < -0.39 is 0 Å². The molecule has 2 aromatic heterocycles. The quantitative estimate of drug-likeness (QED) is 0.666. The highest BCUT2D eigenvalue weighted by molar-refractivity contribution is 7.09. The molecule has 3 aromatic rings. The second kappa shape index (κ2) is 8.81. The highest BCUT2D eigenvalue weighted by Gasteiger charge is 2.29. The zero-order valence-electron chi connectivity index (χ0n) is 16.3. The summed E-state index contributed by atoms with van der Waals surface area (Å²) in [6, 6.07) is 13.2. The number of benzene rings is 1. The molecule has 4 rings (SSSR count). The van der Waals surface area contributed by atoms with Crippen LogP contribution in [-0.4, -0.2) is 52.3 Å². The number of amides is 2. The first-order valence-electron chi connectivity index (χ1n) is 9.52. The van der Waals surface area contributed by atoms with Crippen molar-refractivity contribution in [2.24, 2.45) is 0 Å². The predicted octanol–water partition coefficient (Wildman–Crippen LogP) is 3.78. The minimum Gasteiger partial charge on any atom is -0.367 e. The highest BCUT2D eigenvalue weighted by Crippen LogP contribution is 2.34. The lowest BCUT2D eigenvalue weighted by Crippen LogP contribution is -2.48. The molecule has 30 heavy (non-hydrogen) atoms. The molecule has 0 radical (unpaired) electrons. The molecule has 1 aliphatic heterocycles. The normalized spacial score (nSPS) is 13.9. The molecule has 7 nitrogen and oxygen atoms in total. The summed E-state index contributed by atoms with van der Waals surface area (Å²) >= 11 is 7.39. The zero-order valence-corrected chi connectivity index (χ0v) is 17.9. The number of piperazine rings is 1. The van der Waals surface area contributed by atoms with E-state index in [2.05, 4.69) is 19.6 Å². The van der Waals surface area contributed by atoms with Gasteiger partial charge in [-0.25, -0.2) is 0 Å². The summed E-state index contributed by atoms with van der Waals surface area (Å²) in [5.41, 5.74) is 2.51. The maximum atomic E-state index is 13.2. The van der Waals surface area contributed by atoms with Gasteiger partial charge in [-0.05, 0) is 35.8 Å². The number of carbonyl (C=O) groups excluding carboxylic acids is 2. The summed E-state index contributed by atoms with van der Waals surface area (Å²) in [5.74, 6) is -0.401. The molecule has 1 N–H and O–H groups in total. The van der Waals surface area contributed by atoms with Gasteiger partial charge in [0, 0.05) is 39.3 Å². The SMILES string of the molecule is CC(=O)Nc1c(-c2ccccn2)nsc1C(=O)N1CCN(c2ccccc2Cl)CC1. The zero-order chi connectivity index (χ0) is 21.1. The third kappa shape index (κ3) is 4.15. The number of hydrogen-bond acceptors (Lipinski definition) is 6. The van der Waals surface area contributed by atoms with Crippen molar-refractivity contribution in [1.29, 1.82) is 0 Å². The Hall–Kier alpha value is -2.97. The number of aromatic nitrogens is 2. The van der Waals surface area contributed by atoms with E-state index in [-0.39, 0.29) is 11.8 Å². The summed E-state index contributed by atoms with van der Waals surface area (Å²) in [4.78, 5) is 33.7. The van der Waals surface area contributed by atoms with Crippen LogP contribution in [0.2, 0.25) is 5.02 Å². The molecule has 0 bridgehead atoms. The molecule has 1 aromatic carbocycles. The highest BCUT2D eigenvalue weighted by atomic mass is 35.5. The third-order valence-electron chi connectivity index (χ3n) is 4.85. The van der Waals surface area contributed by atoms with Gasteiger partial charge in [-0.1, -0.05) is 29.8 Å². The maximum Gasteiger partial charge on any atom is 0.267 e. The van der Waals surface area contributed by atoms with Crippen LogP contribution in [0.5, 0.6) is 0 Å². The van der Waals surface area contributed by atoms with Crippen molar-refractivity contribution < 1.29 is 9.59 Å². The van der Waals surface area contributed by atoms with Crippen molar-refractivity contribution in [3.05, 3.63) is 58.6 Å². The van der Waals surface area contributed by atoms with Crippen LogP contribution in [0.25, 0.3) is 11.4 Å². The summed E-state index contributed by atoms with van der Waals surface area (Å²) in [7, 11) is 0. The molecular weight excluding hydrogens is 422 g/mol. The smallest absolute Gasteiger partial charge is 0.267 e. The lowest BCUT2D eigenvalue weighted by molar-refractivity contribution is -0.114. The van der Waals surface area contributed by atoms with Crippen molar-refractivity contribution in [2.45, 2.75) is 6.92 Å². The van der Waals surface area contributed by atoms with Gasteiger partial charge in [-0.2, -0.15) is 4.37 Å². The summed E-state index contributed by atoms with van der Waals surface area (Å²) in [6.07, 6.45) is 1.65. The van der Waals surface area contributed by atoms with E-state index in [0.29, 0.717) is 53.2 Å². The first-order valence-corrected chi connectivity index (χ1v) is 10.7. The van der Waals surface area contributed by atoms with Gasteiger partial charge in [0.1, 0.15) is 10.6 Å². The van der Waals surface area contributed by atoms with Crippen molar-refractivity contribution in [3.8, 4) is 11.4 Å². The topological polar surface area (TPSA) is 78.4 Å². The number of nitrogens with one attached hydrogen (secondary N) is 1. The standard InChI is InChI=1S/C21H20ClN5O2S/c1-14(28)24-19-18(16-7-4-5-9-23-16)25-30-20(19)21(29)27-12-10-26(11-13-27)17-8-3-2-6-15(17)22/h2-9H,10-13H2,1H3,(H,24,28). The number of anilines is 2. The van der Waals surface area contributed by atoms with Gasteiger partial charge in [0.2, 0.25) is 5.91 Å². The van der Waals surface area contributed by atoms with E-state index in [1.807, 2.05) is 30.3 Å². The average Bonchev–Trinajstić information content (AvgIpc) is 3.17. The van der Waals surface area contributed by atoms with Gasteiger partial charge < -0.3 is 15.1 Å². The van der Waals surface area contributed by atoms with Gasteiger partial charge in [0.25, 0.3) is 5.91 Å². The second-order valence-electron chi connectivity index (χ2n) is 6.86. The predicted molar refractivity (Wildman–Crippen MR) is 119 cm³/mol. The monoisotopic (exact) mass is 441 g/mol. The molecule has 0 atom stereocenters.